The highest BCUT2D eigenvalue weighted by Gasteiger charge is 2.17. The van der Waals surface area contributed by atoms with Crippen LogP contribution < -0.4 is 10.2 Å². The van der Waals surface area contributed by atoms with Crippen LogP contribution in [0.3, 0.4) is 0 Å². The molecule has 0 saturated carbocycles. The Morgan fingerprint density at radius 2 is 1.69 bits per heavy atom. The lowest BCUT2D eigenvalue weighted by Crippen LogP contribution is -2.26. The molecule has 0 unspecified atom stereocenters. The number of nitrogens with one attached hydrogen (secondary N) is 1. The predicted molar refractivity (Wildman–Crippen MR) is 105 cm³/mol. The van der Waals surface area contributed by atoms with Gasteiger partial charge in [0.2, 0.25) is 5.95 Å². The first kappa shape index (κ1) is 16.7. The molecule has 0 aliphatic carbocycles. The summed E-state index contributed by atoms with van der Waals surface area (Å²) in [6.07, 6.45) is 8.28. The van der Waals surface area contributed by atoms with Crippen LogP contribution in [0, 0.1) is 13.8 Å². The Morgan fingerprint density at radius 1 is 0.923 bits per heavy atom. The number of nitrogens with zero attached hydrogens (tertiary/aromatic N) is 5. The average molecular weight is 348 g/mol. The molecule has 1 fully saturated rings. The molecule has 3 heterocycles. The van der Waals surface area contributed by atoms with Crippen LogP contribution in [0.15, 0.2) is 30.6 Å². The molecular formula is C20H24N6. The maximum Gasteiger partial charge on any atom is 0.229 e. The molecule has 1 N–H and O–H groups in total. The Balaban J connectivity index is 1.76. The van der Waals surface area contributed by atoms with E-state index >= 15 is 0 Å². The minimum atomic E-state index is 0.633. The van der Waals surface area contributed by atoms with Gasteiger partial charge >= 0.3 is 0 Å². The second-order valence-corrected chi connectivity index (χ2v) is 6.95. The fraction of sp³-hybridized carbons (Fsp3) is 0.400. The highest BCUT2D eigenvalue weighted by atomic mass is 15.3. The van der Waals surface area contributed by atoms with Crippen molar-refractivity contribution in [1.29, 1.82) is 0 Å². The van der Waals surface area contributed by atoms with Gasteiger partial charge in [-0.1, -0.05) is 30.5 Å². The molecule has 134 valence electrons. The largest absolute Gasteiger partial charge is 0.341 e. The maximum atomic E-state index is 4.83. The average Bonchev–Trinajstić information content (AvgIpc) is 2.93. The van der Waals surface area contributed by atoms with Gasteiger partial charge in [-0.3, -0.25) is 0 Å². The first-order valence-corrected chi connectivity index (χ1v) is 9.29. The SMILES string of the molecule is Cc1ccc(Nc2nc(N3CCCCCC3)nc3nccnc23)c(C)c1. The first-order chi connectivity index (χ1) is 12.7. The summed E-state index contributed by atoms with van der Waals surface area (Å²) in [7, 11) is 0. The number of rotatable bonds is 3. The lowest BCUT2D eigenvalue weighted by atomic mass is 10.1. The normalized spacial score (nSPS) is 15.1. The Kier molecular flexibility index (Phi) is 4.65. The molecule has 0 atom stereocenters. The zero-order valence-electron chi connectivity index (χ0n) is 15.4. The molecule has 1 aliphatic rings. The summed E-state index contributed by atoms with van der Waals surface area (Å²) in [5.74, 6) is 1.46. The minimum absolute atomic E-state index is 0.633. The van der Waals surface area contributed by atoms with Crippen molar-refractivity contribution in [3.05, 3.63) is 41.7 Å². The van der Waals surface area contributed by atoms with Crippen LogP contribution in [-0.4, -0.2) is 33.0 Å². The number of aryl methyl sites for hydroxylation is 2. The van der Waals surface area contributed by atoms with Gasteiger partial charge in [-0.2, -0.15) is 9.97 Å². The summed E-state index contributed by atoms with van der Waals surface area (Å²) in [6, 6.07) is 6.34. The topological polar surface area (TPSA) is 66.8 Å². The molecule has 4 rings (SSSR count). The summed E-state index contributed by atoms with van der Waals surface area (Å²) in [5.41, 5.74) is 4.78. The molecule has 0 spiro atoms. The van der Waals surface area contributed by atoms with Gasteiger partial charge in [0.05, 0.1) is 0 Å². The molecule has 6 heteroatoms. The number of hydrogen-bond acceptors (Lipinski definition) is 6. The van der Waals surface area contributed by atoms with Crippen LogP contribution in [-0.2, 0) is 0 Å². The van der Waals surface area contributed by atoms with Crippen molar-refractivity contribution in [2.24, 2.45) is 0 Å². The Bertz CT molecular complexity index is 915. The zero-order valence-corrected chi connectivity index (χ0v) is 15.4. The summed E-state index contributed by atoms with van der Waals surface area (Å²) in [6.45, 7) is 6.18. The van der Waals surface area contributed by atoms with E-state index in [0.717, 1.165) is 24.7 Å². The van der Waals surface area contributed by atoms with Crippen molar-refractivity contribution in [2.45, 2.75) is 39.5 Å². The third-order valence-corrected chi connectivity index (χ3v) is 4.84. The first-order valence-electron chi connectivity index (χ1n) is 9.29. The fourth-order valence-electron chi connectivity index (χ4n) is 3.43. The minimum Gasteiger partial charge on any atom is -0.341 e. The van der Waals surface area contributed by atoms with Crippen LogP contribution in [0.5, 0.6) is 0 Å². The standard InChI is InChI=1S/C20H24N6/c1-14-7-8-16(15(2)13-14)23-19-17-18(22-10-9-21-17)24-20(25-19)26-11-5-3-4-6-12-26/h7-10,13H,3-6,11-12H2,1-2H3,(H,22,23,24,25). The van der Waals surface area contributed by atoms with Crippen molar-refractivity contribution in [1.82, 2.24) is 19.9 Å². The van der Waals surface area contributed by atoms with Gasteiger partial charge in [0.1, 0.15) is 0 Å². The summed E-state index contributed by atoms with van der Waals surface area (Å²) >= 11 is 0. The smallest absolute Gasteiger partial charge is 0.229 e. The van der Waals surface area contributed by atoms with E-state index in [9.17, 15) is 0 Å². The Morgan fingerprint density at radius 3 is 2.46 bits per heavy atom. The van der Waals surface area contributed by atoms with Crippen LogP contribution in [0.4, 0.5) is 17.5 Å². The van der Waals surface area contributed by atoms with Gasteiger partial charge in [-0.05, 0) is 38.3 Å². The Labute approximate surface area is 153 Å². The van der Waals surface area contributed by atoms with Gasteiger partial charge in [-0.15, -0.1) is 0 Å². The number of anilines is 3. The lowest BCUT2D eigenvalue weighted by molar-refractivity contribution is 0.726. The third kappa shape index (κ3) is 3.45. The highest BCUT2D eigenvalue weighted by Crippen LogP contribution is 2.27. The molecule has 1 aliphatic heterocycles. The number of fused-ring (bicyclic) bond motifs is 1. The van der Waals surface area contributed by atoms with Crippen molar-refractivity contribution in [3.63, 3.8) is 0 Å². The molecule has 0 bridgehead atoms. The Hall–Kier alpha value is -2.76. The molecule has 2 aromatic heterocycles. The maximum absolute atomic E-state index is 4.83. The van der Waals surface area contributed by atoms with E-state index in [4.69, 9.17) is 4.98 Å². The molecular weight excluding hydrogens is 324 g/mol. The summed E-state index contributed by atoms with van der Waals surface area (Å²) < 4.78 is 0. The van der Waals surface area contributed by atoms with Gasteiger partial charge in [0.15, 0.2) is 17.0 Å². The summed E-state index contributed by atoms with van der Waals surface area (Å²) in [5, 5.41) is 3.46. The monoisotopic (exact) mass is 348 g/mol. The molecule has 26 heavy (non-hydrogen) atoms. The molecule has 0 radical (unpaired) electrons. The van der Waals surface area contributed by atoms with Gasteiger partial charge in [-0.25, -0.2) is 9.97 Å². The van der Waals surface area contributed by atoms with Crippen molar-refractivity contribution < 1.29 is 0 Å². The van der Waals surface area contributed by atoms with Crippen LogP contribution in [0.2, 0.25) is 0 Å². The van der Waals surface area contributed by atoms with Crippen LogP contribution >= 0.6 is 0 Å². The van der Waals surface area contributed by atoms with Crippen LogP contribution in [0.1, 0.15) is 36.8 Å². The van der Waals surface area contributed by atoms with Crippen LogP contribution in [0.25, 0.3) is 11.2 Å². The number of aromatic nitrogens is 4. The summed E-state index contributed by atoms with van der Waals surface area (Å²) in [4.78, 5) is 20.7. The third-order valence-electron chi connectivity index (χ3n) is 4.84. The van der Waals surface area contributed by atoms with Gasteiger partial charge in [0.25, 0.3) is 0 Å². The molecule has 6 nitrogen and oxygen atoms in total. The number of benzene rings is 1. The second-order valence-electron chi connectivity index (χ2n) is 6.95. The van der Waals surface area contributed by atoms with E-state index in [1.54, 1.807) is 12.4 Å². The van der Waals surface area contributed by atoms with E-state index < -0.39 is 0 Å². The van der Waals surface area contributed by atoms with E-state index in [2.05, 4.69) is 57.2 Å². The molecule has 3 aromatic rings. The van der Waals surface area contributed by atoms with Crippen molar-refractivity contribution in [2.75, 3.05) is 23.3 Å². The van der Waals surface area contributed by atoms with Gasteiger partial charge in [0, 0.05) is 31.2 Å². The van der Waals surface area contributed by atoms with Crippen molar-refractivity contribution >= 4 is 28.6 Å². The predicted octanol–water partition coefficient (Wildman–Crippen LogP) is 4.16. The van der Waals surface area contributed by atoms with E-state index in [-0.39, 0.29) is 0 Å². The quantitative estimate of drug-likeness (QED) is 0.766. The highest BCUT2D eigenvalue weighted by molar-refractivity contribution is 5.86. The van der Waals surface area contributed by atoms with Crippen molar-refractivity contribution in [3.8, 4) is 0 Å². The van der Waals surface area contributed by atoms with E-state index in [1.165, 1.54) is 36.8 Å². The molecule has 1 aromatic carbocycles. The lowest BCUT2D eigenvalue weighted by Gasteiger charge is -2.21. The molecule has 0 amide bonds. The number of hydrogen-bond donors (Lipinski definition) is 1. The second kappa shape index (κ2) is 7.23. The molecule has 1 saturated heterocycles. The van der Waals surface area contributed by atoms with E-state index in [0.29, 0.717) is 17.0 Å². The zero-order chi connectivity index (χ0) is 17.9. The van der Waals surface area contributed by atoms with E-state index in [1.807, 2.05) is 0 Å². The fourth-order valence-corrected chi connectivity index (χ4v) is 3.43. The van der Waals surface area contributed by atoms with Gasteiger partial charge < -0.3 is 10.2 Å².